The van der Waals surface area contributed by atoms with Gasteiger partial charge in [0.15, 0.2) is 0 Å². The highest BCUT2D eigenvalue weighted by molar-refractivity contribution is 5.96. The van der Waals surface area contributed by atoms with Crippen LogP contribution in [0.4, 0.5) is 0 Å². The van der Waals surface area contributed by atoms with Gasteiger partial charge in [-0.25, -0.2) is 0 Å². The van der Waals surface area contributed by atoms with Crippen molar-refractivity contribution in [1.82, 2.24) is 4.90 Å². The fourth-order valence-electron chi connectivity index (χ4n) is 1.79. The van der Waals surface area contributed by atoms with E-state index in [0.717, 1.165) is 0 Å². The van der Waals surface area contributed by atoms with Crippen LogP contribution in [-0.4, -0.2) is 40.9 Å². The molecule has 1 heterocycles. The zero-order valence-electron chi connectivity index (χ0n) is 9.18. The predicted molar refractivity (Wildman–Crippen MR) is 55.3 cm³/mol. The molecule has 3 N–H and O–H groups in total. The van der Waals surface area contributed by atoms with E-state index in [2.05, 4.69) is 0 Å². The van der Waals surface area contributed by atoms with Crippen LogP contribution in [0.2, 0.25) is 0 Å². The van der Waals surface area contributed by atoms with Crippen LogP contribution >= 0.6 is 0 Å². The Hall–Kier alpha value is -1.59. The number of likely N-dealkylation sites (tertiary alicyclic amines) is 1. The topological polar surface area (TPSA) is 101 Å². The Labute approximate surface area is 93.4 Å². The zero-order chi connectivity index (χ0) is 12.3. The summed E-state index contributed by atoms with van der Waals surface area (Å²) in [5.74, 6) is -3.43. The lowest BCUT2D eigenvalue weighted by atomic mass is 9.96. The number of nitrogens with zero attached hydrogens (tertiary/aromatic N) is 1. The molecule has 0 aromatic carbocycles. The Morgan fingerprint density at radius 3 is 2.56 bits per heavy atom. The van der Waals surface area contributed by atoms with Crippen molar-refractivity contribution in [3.8, 4) is 0 Å². The van der Waals surface area contributed by atoms with Crippen LogP contribution in [0.15, 0.2) is 0 Å². The maximum atomic E-state index is 11.7. The Morgan fingerprint density at radius 1 is 1.44 bits per heavy atom. The quantitative estimate of drug-likeness (QED) is 0.632. The fraction of sp³-hybridized carbons (Fsp3) is 0.700. The molecule has 0 aliphatic carbocycles. The number of carbonyl (C=O) groups excluding carboxylic acids is 2. The average molecular weight is 228 g/mol. The molecular weight excluding hydrogens is 212 g/mol. The standard InChI is InChI=1S/C10H16N2O4/c1-6(10(15)16)9(14)12-4-2-3-7(5-12)8(11)13/h6-7H,2-5H2,1H3,(H2,11,13)(H,15,16). The predicted octanol–water partition coefficient (Wildman–Crippen LogP) is -0.569. The average Bonchev–Trinajstić information content (AvgIpc) is 2.27. The van der Waals surface area contributed by atoms with E-state index in [0.29, 0.717) is 19.4 Å². The van der Waals surface area contributed by atoms with Gasteiger partial charge in [-0.05, 0) is 19.8 Å². The van der Waals surface area contributed by atoms with Crippen molar-refractivity contribution in [2.75, 3.05) is 13.1 Å². The summed E-state index contributed by atoms with van der Waals surface area (Å²) < 4.78 is 0. The normalized spacial score (nSPS) is 22.6. The molecule has 2 unspecified atom stereocenters. The first kappa shape index (κ1) is 12.5. The van der Waals surface area contributed by atoms with Crippen LogP contribution in [0.25, 0.3) is 0 Å². The number of aliphatic carboxylic acids is 1. The molecule has 0 aromatic heterocycles. The first-order valence-corrected chi connectivity index (χ1v) is 5.24. The Kier molecular flexibility index (Phi) is 3.87. The summed E-state index contributed by atoms with van der Waals surface area (Å²) in [6.45, 7) is 2.09. The summed E-state index contributed by atoms with van der Waals surface area (Å²) in [6.07, 6.45) is 1.35. The van der Waals surface area contributed by atoms with Gasteiger partial charge in [0.1, 0.15) is 5.92 Å². The van der Waals surface area contributed by atoms with Gasteiger partial charge in [-0.15, -0.1) is 0 Å². The molecule has 1 fully saturated rings. The Morgan fingerprint density at radius 2 is 2.06 bits per heavy atom. The van der Waals surface area contributed by atoms with Gasteiger partial charge in [-0.2, -0.15) is 0 Å². The molecule has 1 saturated heterocycles. The second-order valence-corrected chi connectivity index (χ2v) is 4.09. The third kappa shape index (κ3) is 2.71. The van der Waals surface area contributed by atoms with Crippen LogP contribution in [-0.2, 0) is 14.4 Å². The third-order valence-corrected chi connectivity index (χ3v) is 2.88. The number of carboxylic acids is 1. The van der Waals surface area contributed by atoms with Crippen molar-refractivity contribution in [1.29, 1.82) is 0 Å². The van der Waals surface area contributed by atoms with E-state index < -0.39 is 23.7 Å². The number of carboxylic acid groups (broad SMARTS) is 1. The smallest absolute Gasteiger partial charge is 0.315 e. The molecule has 2 amide bonds. The lowest BCUT2D eigenvalue weighted by Gasteiger charge is -2.32. The zero-order valence-corrected chi connectivity index (χ0v) is 9.18. The minimum absolute atomic E-state index is 0.242. The highest BCUT2D eigenvalue weighted by atomic mass is 16.4. The van der Waals surface area contributed by atoms with Crippen molar-refractivity contribution >= 4 is 17.8 Å². The van der Waals surface area contributed by atoms with Crippen molar-refractivity contribution in [2.24, 2.45) is 17.6 Å². The lowest BCUT2D eigenvalue weighted by Crippen LogP contribution is -2.47. The second-order valence-electron chi connectivity index (χ2n) is 4.09. The van der Waals surface area contributed by atoms with Crippen LogP contribution < -0.4 is 5.73 Å². The SMILES string of the molecule is CC(C(=O)O)C(=O)N1CCCC(C(N)=O)C1. The van der Waals surface area contributed by atoms with Gasteiger partial charge in [0.25, 0.3) is 0 Å². The molecule has 0 spiro atoms. The minimum atomic E-state index is -1.15. The van der Waals surface area contributed by atoms with E-state index >= 15 is 0 Å². The number of amides is 2. The van der Waals surface area contributed by atoms with Crippen molar-refractivity contribution in [3.63, 3.8) is 0 Å². The van der Waals surface area contributed by atoms with Gasteiger partial charge in [0, 0.05) is 13.1 Å². The number of rotatable bonds is 3. The summed E-state index contributed by atoms with van der Waals surface area (Å²) in [7, 11) is 0. The molecule has 6 nitrogen and oxygen atoms in total. The number of nitrogens with two attached hydrogens (primary N) is 1. The van der Waals surface area contributed by atoms with E-state index in [1.54, 1.807) is 0 Å². The first-order valence-electron chi connectivity index (χ1n) is 5.24. The van der Waals surface area contributed by atoms with Crippen molar-refractivity contribution in [2.45, 2.75) is 19.8 Å². The number of hydrogen-bond acceptors (Lipinski definition) is 3. The van der Waals surface area contributed by atoms with Gasteiger partial charge in [0.2, 0.25) is 11.8 Å². The summed E-state index contributed by atoms with van der Waals surface area (Å²) >= 11 is 0. The molecule has 16 heavy (non-hydrogen) atoms. The first-order chi connectivity index (χ1) is 7.43. The van der Waals surface area contributed by atoms with E-state index in [1.165, 1.54) is 11.8 Å². The largest absolute Gasteiger partial charge is 0.481 e. The molecule has 6 heteroatoms. The van der Waals surface area contributed by atoms with Crippen molar-refractivity contribution in [3.05, 3.63) is 0 Å². The van der Waals surface area contributed by atoms with Gasteiger partial charge >= 0.3 is 5.97 Å². The van der Waals surface area contributed by atoms with Crippen LogP contribution in [0.1, 0.15) is 19.8 Å². The fourth-order valence-corrected chi connectivity index (χ4v) is 1.79. The minimum Gasteiger partial charge on any atom is -0.481 e. The van der Waals surface area contributed by atoms with Gasteiger partial charge < -0.3 is 15.7 Å². The van der Waals surface area contributed by atoms with E-state index in [1.807, 2.05) is 0 Å². The molecule has 0 radical (unpaired) electrons. The summed E-state index contributed by atoms with van der Waals surface area (Å²) in [6, 6.07) is 0. The summed E-state index contributed by atoms with van der Waals surface area (Å²) in [4.78, 5) is 34.8. The molecule has 1 aliphatic heterocycles. The molecular formula is C10H16N2O4. The summed E-state index contributed by atoms with van der Waals surface area (Å²) in [5.41, 5.74) is 5.17. The Bertz CT molecular complexity index is 316. The molecule has 1 rings (SSSR count). The Balaban J connectivity index is 2.63. The molecule has 90 valence electrons. The number of piperidine rings is 1. The summed E-state index contributed by atoms with van der Waals surface area (Å²) in [5, 5.41) is 8.72. The molecule has 0 saturated carbocycles. The highest BCUT2D eigenvalue weighted by Crippen LogP contribution is 2.18. The van der Waals surface area contributed by atoms with E-state index in [9.17, 15) is 14.4 Å². The van der Waals surface area contributed by atoms with E-state index in [-0.39, 0.29) is 12.5 Å². The monoisotopic (exact) mass is 228 g/mol. The molecule has 0 bridgehead atoms. The molecule has 0 aromatic rings. The molecule has 2 atom stereocenters. The highest BCUT2D eigenvalue weighted by Gasteiger charge is 2.31. The molecule has 1 aliphatic rings. The van der Waals surface area contributed by atoms with Gasteiger partial charge in [-0.1, -0.05) is 0 Å². The lowest BCUT2D eigenvalue weighted by molar-refractivity contribution is -0.151. The van der Waals surface area contributed by atoms with Crippen molar-refractivity contribution < 1.29 is 19.5 Å². The second kappa shape index (κ2) is 4.96. The van der Waals surface area contributed by atoms with Gasteiger partial charge in [0.05, 0.1) is 5.92 Å². The number of hydrogen-bond donors (Lipinski definition) is 2. The van der Waals surface area contributed by atoms with E-state index in [4.69, 9.17) is 10.8 Å². The maximum Gasteiger partial charge on any atom is 0.315 e. The third-order valence-electron chi connectivity index (χ3n) is 2.88. The van der Waals surface area contributed by atoms with Gasteiger partial charge in [-0.3, -0.25) is 14.4 Å². The number of carbonyl (C=O) groups is 3. The van der Waals surface area contributed by atoms with Crippen LogP contribution in [0.3, 0.4) is 0 Å². The van der Waals surface area contributed by atoms with Crippen LogP contribution in [0, 0.1) is 11.8 Å². The maximum absolute atomic E-state index is 11.7. The van der Waals surface area contributed by atoms with Crippen LogP contribution in [0.5, 0.6) is 0 Å². The number of primary amides is 1.